The third-order valence-electron chi connectivity index (χ3n) is 5.79. The molecule has 3 aromatic rings. The molecule has 1 aromatic carbocycles. The first kappa shape index (κ1) is 20.9. The zero-order valence-electron chi connectivity index (χ0n) is 18.2. The first-order valence-electron chi connectivity index (χ1n) is 10.7. The summed E-state index contributed by atoms with van der Waals surface area (Å²) in [6.07, 6.45) is 0.882. The number of nitrogens with one attached hydrogen (secondary N) is 1. The molecule has 164 valence electrons. The lowest BCUT2D eigenvalue weighted by Crippen LogP contribution is -2.49. The monoisotopic (exact) mass is 424 g/mol. The predicted molar refractivity (Wildman–Crippen MR) is 120 cm³/mol. The standard InChI is InChI=1S/C22H28N6O3/c1-15(2)9-10-28-17-18(25(3)22(31)24-19(17)29)23-21(28)27-13-11-26(12-14-27)20(30)16-7-5-4-6-8-16/h4-8,15H,9-14H2,1-3H3,(H,24,29,31). The number of rotatable bonds is 5. The van der Waals surface area contributed by atoms with Gasteiger partial charge in [0.15, 0.2) is 11.2 Å². The third kappa shape index (κ3) is 3.99. The molecule has 0 aliphatic carbocycles. The van der Waals surface area contributed by atoms with Gasteiger partial charge in [-0.15, -0.1) is 0 Å². The van der Waals surface area contributed by atoms with Crippen molar-refractivity contribution < 1.29 is 4.79 Å². The Morgan fingerprint density at radius 3 is 2.42 bits per heavy atom. The lowest BCUT2D eigenvalue weighted by atomic mass is 10.1. The Morgan fingerprint density at radius 1 is 1.10 bits per heavy atom. The number of hydrogen-bond donors (Lipinski definition) is 1. The SMILES string of the molecule is CC(C)CCn1c(N2CCN(C(=O)c3ccccc3)CC2)nc2c1c(=O)[nH]c(=O)n2C. The molecule has 1 N–H and O–H groups in total. The van der Waals surface area contributed by atoms with E-state index in [2.05, 4.69) is 23.7 Å². The predicted octanol–water partition coefficient (Wildman–Crippen LogP) is 1.43. The summed E-state index contributed by atoms with van der Waals surface area (Å²) in [6.45, 7) is 7.24. The van der Waals surface area contributed by atoms with Gasteiger partial charge in [-0.25, -0.2) is 4.79 Å². The fraction of sp³-hybridized carbons (Fsp3) is 0.455. The number of amides is 1. The minimum Gasteiger partial charge on any atom is -0.339 e. The minimum atomic E-state index is -0.476. The van der Waals surface area contributed by atoms with Gasteiger partial charge in [-0.05, 0) is 24.5 Å². The number of H-pyrrole nitrogens is 1. The highest BCUT2D eigenvalue weighted by Crippen LogP contribution is 2.22. The molecule has 1 amide bonds. The fourth-order valence-electron chi connectivity index (χ4n) is 3.94. The second kappa shape index (κ2) is 8.41. The molecule has 0 radical (unpaired) electrons. The summed E-state index contributed by atoms with van der Waals surface area (Å²) in [4.78, 5) is 48.5. The van der Waals surface area contributed by atoms with Gasteiger partial charge < -0.3 is 14.4 Å². The molecule has 1 fully saturated rings. The van der Waals surface area contributed by atoms with Crippen LogP contribution in [0.25, 0.3) is 11.2 Å². The number of hydrogen-bond acceptors (Lipinski definition) is 5. The van der Waals surface area contributed by atoms with Crippen LogP contribution in [0.15, 0.2) is 39.9 Å². The van der Waals surface area contributed by atoms with Crippen LogP contribution in [0.5, 0.6) is 0 Å². The number of fused-ring (bicyclic) bond motifs is 1. The summed E-state index contributed by atoms with van der Waals surface area (Å²) in [5.41, 5.74) is 0.590. The summed E-state index contributed by atoms with van der Waals surface area (Å²) < 4.78 is 3.30. The lowest BCUT2D eigenvalue weighted by molar-refractivity contribution is 0.0746. The molecule has 0 unspecified atom stereocenters. The zero-order chi connectivity index (χ0) is 22.1. The van der Waals surface area contributed by atoms with E-state index in [1.807, 2.05) is 39.8 Å². The summed E-state index contributed by atoms with van der Waals surface area (Å²) in [6, 6.07) is 9.27. The molecule has 3 heterocycles. The number of imidazole rings is 1. The fourth-order valence-corrected chi connectivity index (χ4v) is 3.94. The average Bonchev–Trinajstić information content (AvgIpc) is 3.16. The molecule has 1 aliphatic heterocycles. The molecule has 0 bridgehead atoms. The van der Waals surface area contributed by atoms with Gasteiger partial charge in [-0.3, -0.25) is 19.1 Å². The topological polar surface area (TPSA) is 96.2 Å². The quantitative estimate of drug-likeness (QED) is 0.669. The molecule has 0 spiro atoms. The van der Waals surface area contributed by atoms with Gasteiger partial charge in [0.25, 0.3) is 11.5 Å². The van der Waals surface area contributed by atoms with E-state index in [1.165, 1.54) is 4.57 Å². The van der Waals surface area contributed by atoms with E-state index in [9.17, 15) is 14.4 Å². The van der Waals surface area contributed by atoms with Crippen molar-refractivity contribution in [2.24, 2.45) is 13.0 Å². The van der Waals surface area contributed by atoms with Gasteiger partial charge in [0, 0.05) is 45.3 Å². The van der Waals surface area contributed by atoms with E-state index in [0.29, 0.717) is 61.3 Å². The molecular formula is C22H28N6O3. The largest absolute Gasteiger partial charge is 0.339 e. The number of aromatic amines is 1. The highest BCUT2D eigenvalue weighted by Gasteiger charge is 2.27. The Morgan fingerprint density at radius 2 is 1.77 bits per heavy atom. The third-order valence-corrected chi connectivity index (χ3v) is 5.79. The molecule has 31 heavy (non-hydrogen) atoms. The van der Waals surface area contributed by atoms with E-state index in [1.54, 1.807) is 7.05 Å². The first-order chi connectivity index (χ1) is 14.9. The maximum absolute atomic E-state index is 12.8. The number of aromatic nitrogens is 4. The molecule has 2 aromatic heterocycles. The van der Waals surface area contributed by atoms with Crippen molar-refractivity contribution in [2.75, 3.05) is 31.1 Å². The summed E-state index contributed by atoms with van der Waals surface area (Å²) in [5, 5.41) is 0. The van der Waals surface area contributed by atoms with Crippen LogP contribution in [0.1, 0.15) is 30.6 Å². The molecule has 1 saturated heterocycles. The van der Waals surface area contributed by atoms with E-state index in [4.69, 9.17) is 4.98 Å². The van der Waals surface area contributed by atoms with Crippen LogP contribution in [-0.2, 0) is 13.6 Å². The van der Waals surface area contributed by atoms with Gasteiger partial charge >= 0.3 is 5.69 Å². The van der Waals surface area contributed by atoms with Crippen LogP contribution in [-0.4, -0.2) is 56.1 Å². The van der Waals surface area contributed by atoms with E-state index in [0.717, 1.165) is 6.42 Å². The maximum Gasteiger partial charge on any atom is 0.329 e. The van der Waals surface area contributed by atoms with Crippen molar-refractivity contribution in [2.45, 2.75) is 26.8 Å². The van der Waals surface area contributed by atoms with Crippen molar-refractivity contribution in [3.8, 4) is 0 Å². The van der Waals surface area contributed by atoms with Crippen molar-refractivity contribution in [1.29, 1.82) is 0 Å². The Balaban J connectivity index is 1.63. The van der Waals surface area contributed by atoms with Gasteiger partial charge in [0.2, 0.25) is 5.95 Å². The second-order valence-corrected chi connectivity index (χ2v) is 8.38. The Kier molecular flexibility index (Phi) is 5.67. The second-order valence-electron chi connectivity index (χ2n) is 8.38. The van der Waals surface area contributed by atoms with Gasteiger partial charge in [-0.2, -0.15) is 4.98 Å². The van der Waals surface area contributed by atoms with Gasteiger partial charge in [-0.1, -0.05) is 32.0 Å². The Labute approximate surface area is 179 Å². The summed E-state index contributed by atoms with van der Waals surface area (Å²) >= 11 is 0. The van der Waals surface area contributed by atoms with Crippen molar-refractivity contribution in [3.63, 3.8) is 0 Å². The van der Waals surface area contributed by atoms with Crippen LogP contribution in [0, 0.1) is 5.92 Å². The molecule has 4 rings (SSSR count). The normalized spacial score (nSPS) is 14.6. The number of anilines is 1. The van der Waals surface area contributed by atoms with Crippen LogP contribution in [0.4, 0.5) is 5.95 Å². The lowest BCUT2D eigenvalue weighted by Gasteiger charge is -2.35. The highest BCUT2D eigenvalue weighted by atomic mass is 16.2. The van der Waals surface area contributed by atoms with Crippen LogP contribution in [0.2, 0.25) is 0 Å². The smallest absolute Gasteiger partial charge is 0.329 e. The number of nitrogens with zero attached hydrogens (tertiary/aromatic N) is 5. The number of aryl methyl sites for hydroxylation is 2. The highest BCUT2D eigenvalue weighted by molar-refractivity contribution is 5.94. The van der Waals surface area contributed by atoms with Crippen molar-refractivity contribution in [3.05, 3.63) is 56.7 Å². The van der Waals surface area contributed by atoms with E-state index in [-0.39, 0.29) is 5.91 Å². The van der Waals surface area contributed by atoms with Crippen molar-refractivity contribution in [1.82, 2.24) is 24.0 Å². The van der Waals surface area contributed by atoms with Crippen LogP contribution in [0.3, 0.4) is 0 Å². The number of carbonyl (C=O) groups is 1. The number of benzene rings is 1. The molecule has 9 heteroatoms. The summed E-state index contributed by atoms with van der Waals surface area (Å²) in [7, 11) is 1.61. The molecule has 9 nitrogen and oxygen atoms in total. The van der Waals surface area contributed by atoms with Crippen molar-refractivity contribution >= 4 is 23.0 Å². The molecule has 1 aliphatic rings. The van der Waals surface area contributed by atoms with Crippen LogP contribution < -0.4 is 16.1 Å². The molecule has 0 saturated carbocycles. The first-order valence-corrected chi connectivity index (χ1v) is 10.7. The summed E-state index contributed by atoms with van der Waals surface area (Å²) in [5.74, 6) is 1.15. The molecular weight excluding hydrogens is 396 g/mol. The minimum absolute atomic E-state index is 0.0207. The maximum atomic E-state index is 12.8. The number of piperazine rings is 1. The molecule has 0 atom stereocenters. The van der Waals surface area contributed by atoms with Gasteiger partial charge in [0.05, 0.1) is 0 Å². The van der Waals surface area contributed by atoms with E-state index >= 15 is 0 Å². The number of carbonyl (C=O) groups excluding carboxylic acids is 1. The van der Waals surface area contributed by atoms with Gasteiger partial charge in [0.1, 0.15) is 0 Å². The zero-order valence-corrected chi connectivity index (χ0v) is 18.2. The van der Waals surface area contributed by atoms with Crippen LogP contribution >= 0.6 is 0 Å². The average molecular weight is 425 g/mol. The Hall–Kier alpha value is -3.36. The Bertz CT molecular complexity index is 1200. The van der Waals surface area contributed by atoms with E-state index < -0.39 is 11.2 Å².